The van der Waals surface area contributed by atoms with E-state index in [1.165, 1.54) is 23.5 Å². The first-order valence-corrected chi connectivity index (χ1v) is 12.8. The van der Waals surface area contributed by atoms with E-state index in [9.17, 15) is 26.4 Å². The van der Waals surface area contributed by atoms with Gasteiger partial charge in [0.15, 0.2) is 5.13 Å². The Morgan fingerprint density at radius 3 is 2.50 bits per heavy atom. The number of carbonyl (C=O) groups excluding carboxylic acids is 1. The first kappa shape index (κ1) is 24.7. The smallest absolute Gasteiger partial charge is 0.417 e. The first-order chi connectivity index (χ1) is 16.0. The van der Waals surface area contributed by atoms with Crippen LogP contribution < -0.4 is 4.90 Å². The molecule has 0 unspecified atom stereocenters. The molecule has 13 heteroatoms. The summed E-state index contributed by atoms with van der Waals surface area (Å²) >= 11 is 7.58. The van der Waals surface area contributed by atoms with Gasteiger partial charge in [0.2, 0.25) is 10.0 Å². The van der Waals surface area contributed by atoms with Gasteiger partial charge in [-0.15, -0.1) is 0 Å². The highest BCUT2D eigenvalue weighted by atomic mass is 35.5. The number of anilines is 1. The Morgan fingerprint density at radius 1 is 1.18 bits per heavy atom. The van der Waals surface area contributed by atoms with Crippen LogP contribution in [0.15, 0.2) is 41.3 Å². The second kappa shape index (κ2) is 9.33. The maximum absolute atomic E-state index is 13.3. The largest absolute Gasteiger partial charge is 0.462 e. The summed E-state index contributed by atoms with van der Waals surface area (Å²) in [5.41, 5.74) is -0.381. The van der Waals surface area contributed by atoms with Gasteiger partial charge < -0.3 is 9.64 Å². The van der Waals surface area contributed by atoms with E-state index in [1.807, 2.05) is 4.90 Å². The normalized spacial score (nSPS) is 15.6. The SMILES string of the molecule is CCOC(=O)c1cc(Cl)c2nc(N3CCN(S(=O)(=O)c4ccccc4C(F)(F)F)CC3)sc2c1. The van der Waals surface area contributed by atoms with E-state index in [0.717, 1.165) is 22.5 Å². The topological polar surface area (TPSA) is 79.8 Å². The lowest BCUT2D eigenvalue weighted by molar-refractivity contribution is -0.139. The molecule has 1 aliphatic rings. The number of hydrogen-bond acceptors (Lipinski definition) is 7. The Hall–Kier alpha value is -2.41. The lowest BCUT2D eigenvalue weighted by Crippen LogP contribution is -2.48. The Balaban J connectivity index is 1.54. The zero-order chi connectivity index (χ0) is 24.7. The molecule has 0 radical (unpaired) electrons. The van der Waals surface area contributed by atoms with Gasteiger partial charge in [-0.3, -0.25) is 0 Å². The Labute approximate surface area is 202 Å². The number of alkyl halides is 3. The molecule has 0 atom stereocenters. The maximum atomic E-state index is 13.3. The third kappa shape index (κ3) is 4.72. The lowest BCUT2D eigenvalue weighted by atomic mass is 10.2. The first-order valence-electron chi connectivity index (χ1n) is 10.2. The predicted molar refractivity (Wildman–Crippen MR) is 123 cm³/mol. The van der Waals surface area contributed by atoms with Gasteiger partial charge in [0.05, 0.1) is 32.4 Å². The minimum absolute atomic E-state index is 0.00768. The van der Waals surface area contributed by atoms with Crippen molar-refractivity contribution in [3.05, 3.63) is 52.5 Å². The summed E-state index contributed by atoms with van der Waals surface area (Å²) in [6.45, 7) is 2.37. The van der Waals surface area contributed by atoms with E-state index in [0.29, 0.717) is 20.9 Å². The molecule has 2 aromatic carbocycles. The number of rotatable bonds is 5. The third-order valence-electron chi connectivity index (χ3n) is 5.27. The van der Waals surface area contributed by atoms with Crippen LogP contribution in [-0.4, -0.2) is 56.5 Å². The third-order valence-corrected chi connectivity index (χ3v) is 8.58. The second-order valence-corrected chi connectivity index (χ2v) is 10.7. The summed E-state index contributed by atoms with van der Waals surface area (Å²) < 4.78 is 72.7. The maximum Gasteiger partial charge on any atom is 0.417 e. The molecule has 34 heavy (non-hydrogen) atoms. The van der Waals surface area contributed by atoms with E-state index in [-0.39, 0.29) is 37.8 Å². The van der Waals surface area contributed by atoms with Crippen LogP contribution in [0.2, 0.25) is 5.02 Å². The minimum Gasteiger partial charge on any atom is -0.462 e. The Bertz CT molecular complexity index is 1340. The number of fused-ring (bicyclic) bond motifs is 1. The number of thiazole rings is 1. The highest BCUT2D eigenvalue weighted by Crippen LogP contribution is 2.37. The number of aromatic nitrogens is 1. The standard InChI is InChI=1S/C21H19ClF3N3O4S2/c1-2-32-19(29)13-11-15(22)18-16(12-13)33-20(26-18)27-7-9-28(10-8-27)34(30,31)17-6-4-3-5-14(17)21(23,24)25/h3-6,11-12H,2,7-10H2,1H3. The van der Waals surface area contributed by atoms with Crippen molar-refractivity contribution in [3.63, 3.8) is 0 Å². The van der Waals surface area contributed by atoms with Gasteiger partial charge in [-0.2, -0.15) is 17.5 Å². The molecule has 0 saturated carbocycles. The van der Waals surface area contributed by atoms with Crippen LogP contribution in [0.25, 0.3) is 10.2 Å². The summed E-state index contributed by atoms with van der Waals surface area (Å²) in [6.07, 6.45) is -4.78. The van der Waals surface area contributed by atoms with Crippen LogP contribution in [0.3, 0.4) is 0 Å². The molecule has 4 rings (SSSR count). The van der Waals surface area contributed by atoms with Gasteiger partial charge in [-0.05, 0) is 31.2 Å². The number of nitrogens with zero attached hydrogens (tertiary/aromatic N) is 3. The van der Waals surface area contributed by atoms with Crippen molar-refractivity contribution in [2.24, 2.45) is 0 Å². The molecular weight excluding hydrogens is 515 g/mol. The lowest BCUT2D eigenvalue weighted by Gasteiger charge is -2.34. The number of halogens is 4. The molecule has 2 heterocycles. The van der Waals surface area contributed by atoms with Crippen LogP contribution in [0.4, 0.5) is 18.3 Å². The molecule has 1 saturated heterocycles. The number of carbonyl (C=O) groups is 1. The van der Waals surface area contributed by atoms with Crippen molar-refractivity contribution < 1.29 is 31.1 Å². The van der Waals surface area contributed by atoms with Crippen molar-refractivity contribution in [1.82, 2.24) is 9.29 Å². The van der Waals surface area contributed by atoms with Gasteiger partial charge >= 0.3 is 12.1 Å². The van der Waals surface area contributed by atoms with E-state index < -0.39 is 32.6 Å². The average Bonchev–Trinajstić information content (AvgIpc) is 3.24. The zero-order valence-electron chi connectivity index (χ0n) is 17.8. The van der Waals surface area contributed by atoms with Crippen molar-refractivity contribution in [2.45, 2.75) is 18.0 Å². The van der Waals surface area contributed by atoms with Gasteiger partial charge in [-0.1, -0.05) is 35.1 Å². The van der Waals surface area contributed by atoms with Gasteiger partial charge in [0.1, 0.15) is 5.52 Å². The van der Waals surface area contributed by atoms with Crippen LogP contribution in [0.5, 0.6) is 0 Å². The number of piperazine rings is 1. The monoisotopic (exact) mass is 533 g/mol. The minimum atomic E-state index is -4.78. The molecule has 0 aliphatic carbocycles. The van der Waals surface area contributed by atoms with Gasteiger partial charge in [-0.25, -0.2) is 18.2 Å². The summed E-state index contributed by atoms with van der Waals surface area (Å²) in [7, 11) is -4.34. The van der Waals surface area contributed by atoms with Crippen LogP contribution in [-0.2, 0) is 20.9 Å². The Kier molecular flexibility index (Phi) is 6.78. The highest BCUT2D eigenvalue weighted by Gasteiger charge is 2.39. The Morgan fingerprint density at radius 2 is 1.85 bits per heavy atom. The molecule has 0 bridgehead atoms. The summed E-state index contributed by atoms with van der Waals surface area (Å²) in [5.74, 6) is -0.501. The number of benzene rings is 2. The van der Waals surface area contributed by atoms with Crippen molar-refractivity contribution in [1.29, 1.82) is 0 Å². The number of hydrogen-bond donors (Lipinski definition) is 0. The fourth-order valence-corrected chi connectivity index (χ4v) is 6.66. The molecule has 0 amide bonds. The van der Waals surface area contributed by atoms with Crippen molar-refractivity contribution in [3.8, 4) is 0 Å². The van der Waals surface area contributed by atoms with Crippen molar-refractivity contribution in [2.75, 3.05) is 37.7 Å². The molecule has 7 nitrogen and oxygen atoms in total. The number of esters is 1. The van der Waals surface area contributed by atoms with E-state index in [1.54, 1.807) is 13.0 Å². The molecule has 1 fully saturated rings. The second-order valence-electron chi connectivity index (χ2n) is 7.41. The molecule has 0 N–H and O–H groups in total. The van der Waals surface area contributed by atoms with Crippen LogP contribution in [0.1, 0.15) is 22.8 Å². The molecule has 0 spiro atoms. The fraction of sp³-hybridized carbons (Fsp3) is 0.333. The average molecular weight is 534 g/mol. The van der Waals surface area contributed by atoms with Gasteiger partial charge in [0, 0.05) is 26.2 Å². The number of ether oxygens (including phenoxy) is 1. The zero-order valence-corrected chi connectivity index (χ0v) is 20.2. The van der Waals surface area contributed by atoms with Crippen LogP contribution in [0, 0.1) is 0 Å². The fourth-order valence-electron chi connectivity index (χ4n) is 3.63. The summed E-state index contributed by atoms with van der Waals surface area (Å²) in [6, 6.07) is 7.28. The molecule has 3 aromatic rings. The highest BCUT2D eigenvalue weighted by molar-refractivity contribution is 7.89. The van der Waals surface area contributed by atoms with E-state index >= 15 is 0 Å². The van der Waals surface area contributed by atoms with Crippen molar-refractivity contribution >= 4 is 54.3 Å². The molecule has 1 aromatic heterocycles. The van der Waals surface area contributed by atoms with E-state index in [4.69, 9.17) is 16.3 Å². The van der Waals surface area contributed by atoms with Crippen LogP contribution >= 0.6 is 22.9 Å². The molecule has 1 aliphatic heterocycles. The van der Waals surface area contributed by atoms with E-state index in [2.05, 4.69) is 4.98 Å². The summed E-state index contributed by atoms with van der Waals surface area (Å²) in [5, 5.41) is 0.860. The van der Waals surface area contributed by atoms with Gasteiger partial charge in [0.25, 0.3) is 0 Å². The number of sulfonamides is 1. The molecular formula is C21H19ClF3N3O4S2. The summed E-state index contributed by atoms with van der Waals surface area (Å²) in [4.78, 5) is 17.6. The molecule has 182 valence electrons. The predicted octanol–water partition coefficient (Wildman–Crippen LogP) is 4.66. The quantitative estimate of drug-likeness (QED) is 0.444.